The molecule has 0 fully saturated rings. The second-order valence-electron chi connectivity index (χ2n) is 4.16. The second-order valence-corrected chi connectivity index (χ2v) is 5.84. The summed E-state index contributed by atoms with van der Waals surface area (Å²) in [6.07, 6.45) is 0. The summed E-state index contributed by atoms with van der Waals surface area (Å²) in [4.78, 5) is -0.0440. The van der Waals surface area contributed by atoms with Crippen LogP contribution >= 0.6 is 0 Å². The fourth-order valence-corrected chi connectivity index (χ4v) is 2.88. The van der Waals surface area contributed by atoms with E-state index < -0.39 is 29.3 Å². The van der Waals surface area contributed by atoms with E-state index in [-0.39, 0.29) is 10.6 Å². The van der Waals surface area contributed by atoms with Gasteiger partial charge in [0.1, 0.15) is 4.90 Å². The number of hydrogen-bond donors (Lipinski definition) is 4. The molecule has 0 saturated heterocycles. The van der Waals surface area contributed by atoms with Gasteiger partial charge in [-0.2, -0.15) is 0 Å². The van der Waals surface area contributed by atoms with Crippen molar-refractivity contribution in [3.63, 3.8) is 0 Å². The Morgan fingerprint density at radius 3 is 2.22 bits per heavy atom. The van der Waals surface area contributed by atoms with E-state index in [1.807, 2.05) is 6.92 Å². The van der Waals surface area contributed by atoms with Gasteiger partial charge in [-0.25, -0.2) is 13.1 Å². The Morgan fingerprint density at radius 1 is 1.22 bits per heavy atom. The van der Waals surface area contributed by atoms with Crippen LogP contribution < -0.4 is 10.5 Å². The normalized spacial score (nSPS) is 12.1. The van der Waals surface area contributed by atoms with Crippen LogP contribution in [0.15, 0.2) is 17.0 Å². The summed E-state index contributed by atoms with van der Waals surface area (Å²) in [5, 5.41) is 17.8. The van der Waals surface area contributed by atoms with Crippen molar-refractivity contribution in [2.75, 3.05) is 18.9 Å². The van der Waals surface area contributed by atoms with Gasteiger partial charge in [0.2, 0.25) is 10.0 Å². The minimum absolute atomic E-state index is 0.0440. The number of aliphatic hydroxyl groups excluding tert-OH is 2. The van der Waals surface area contributed by atoms with E-state index >= 15 is 0 Å². The summed E-state index contributed by atoms with van der Waals surface area (Å²) in [7, 11) is -3.85. The van der Waals surface area contributed by atoms with E-state index in [9.17, 15) is 8.42 Å². The van der Waals surface area contributed by atoms with Crippen molar-refractivity contribution < 1.29 is 18.6 Å². The maximum Gasteiger partial charge on any atom is 0.243 e. The van der Waals surface area contributed by atoms with Gasteiger partial charge >= 0.3 is 0 Å². The van der Waals surface area contributed by atoms with Crippen molar-refractivity contribution in [3.8, 4) is 0 Å². The Bertz CT molecular complexity index is 524. The molecule has 0 aromatic heterocycles. The third-order valence-corrected chi connectivity index (χ3v) is 4.25. The van der Waals surface area contributed by atoms with Crippen LogP contribution in [0.1, 0.15) is 11.1 Å². The van der Waals surface area contributed by atoms with Gasteiger partial charge < -0.3 is 15.9 Å². The Labute approximate surface area is 106 Å². The number of nitrogen functional groups attached to an aromatic ring is 1. The SMILES string of the molecule is Cc1cc(N)c(S(=O)(=O)NC(CO)CO)cc1C. The molecule has 0 aliphatic heterocycles. The quantitative estimate of drug-likeness (QED) is 0.542. The molecule has 0 saturated carbocycles. The number of aryl methyl sites for hydroxylation is 2. The zero-order valence-corrected chi connectivity index (χ0v) is 11.2. The number of nitrogens with one attached hydrogen (secondary N) is 1. The van der Waals surface area contributed by atoms with Crippen LogP contribution in [-0.2, 0) is 10.0 Å². The average molecular weight is 274 g/mol. The lowest BCUT2D eigenvalue weighted by Crippen LogP contribution is -2.40. The minimum atomic E-state index is -3.85. The fourth-order valence-electron chi connectivity index (χ4n) is 1.46. The molecule has 5 N–H and O–H groups in total. The monoisotopic (exact) mass is 274 g/mol. The van der Waals surface area contributed by atoms with E-state index in [1.165, 1.54) is 6.07 Å². The van der Waals surface area contributed by atoms with Crippen LogP contribution in [0.4, 0.5) is 5.69 Å². The zero-order valence-electron chi connectivity index (χ0n) is 10.3. The van der Waals surface area contributed by atoms with Crippen molar-refractivity contribution >= 4 is 15.7 Å². The summed E-state index contributed by atoms with van der Waals surface area (Å²) in [6, 6.07) is 2.12. The molecule has 0 amide bonds. The number of anilines is 1. The number of nitrogens with two attached hydrogens (primary N) is 1. The van der Waals surface area contributed by atoms with Gasteiger partial charge in [0.25, 0.3) is 0 Å². The number of sulfonamides is 1. The predicted molar refractivity (Wildman–Crippen MR) is 68.6 cm³/mol. The van der Waals surface area contributed by atoms with Gasteiger partial charge in [0.15, 0.2) is 0 Å². The second kappa shape index (κ2) is 5.66. The van der Waals surface area contributed by atoms with Crippen LogP contribution in [-0.4, -0.2) is 37.9 Å². The van der Waals surface area contributed by atoms with Crippen molar-refractivity contribution in [2.24, 2.45) is 0 Å². The van der Waals surface area contributed by atoms with Crippen LogP contribution in [0.5, 0.6) is 0 Å². The van der Waals surface area contributed by atoms with Crippen molar-refractivity contribution in [1.29, 1.82) is 0 Å². The molecule has 0 unspecified atom stereocenters. The summed E-state index contributed by atoms with van der Waals surface area (Å²) in [5.41, 5.74) is 7.53. The van der Waals surface area contributed by atoms with E-state index in [0.29, 0.717) is 0 Å². The first kappa shape index (κ1) is 14.9. The smallest absolute Gasteiger partial charge is 0.243 e. The van der Waals surface area contributed by atoms with Crippen LogP contribution in [0.3, 0.4) is 0 Å². The molecule has 0 bridgehead atoms. The highest BCUT2D eigenvalue weighted by atomic mass is 32.2. The predicted octanol–water partition coefficient (Wildman–Crippen LogP) is -0.483. The molecule has 0 aliphatic carbocycles. The van der Waals surface area contributed by atoms with Crippen molar-refractivity contribution in [2.45, 2.75) is 24.8 Å². The van der Waals surface area contributed by atoms with E-state index in [1.54, 1.807) is 13.0 Å². The van der Waals surface area contributed by atoms with E-state index in [2.05, 4.69) is 4.72 Å². The van der Waals surface area contributed by atoms with Gasteiger partial charge in [0, 0.05) is 0 Å². The summed E-state index contributed by atoms with van der Waals surface area (Å²) in [6.45, 7) is 2.64. The Morgan fingerprint density at radius 2 is 1.72 bits per heavy atom. The maximum absolute atomic E-state index is 12.0. The lowest BCUT2D eigenvalue weighted by Gasteiger charge is -2.16. The molecular weight excluding hydrogens is 256 g/mol. The molecule has 18 heavy (non-hydrogen) atoms. The number of hydrogen-bond acceptors (Lipinski definition) is 5. The highest BCUT2D eigenvalue weighted by Crippen LogP contribution is 2.22. The molecule has 0 radical (unpaired) electrons. The molecule has 0 spiro atoms. The Hall–Kier alpha value is -1.15. The molecular formula is C11H18N2O4S. The van der Waals surface area contributed by atoms with Gasteiger partial charge in [-0.3, -0.25) is 0 Å². The highest BCUT2D eigenvalue weighted by molar-refractivity contribution is 7.89. The first-order chi connectivity index (χ1) is 8.31. The molecule has 6 nitrogen and oxygen atoms in total. The molecule has 0 atom stereocenters. The number of rotatable bonds is 5. The summed E-state index contributed by atoms with van der Waals surface area (Å²) >= 11 is 0. The van der Waals surface area contributed by atoms with Crippen LogP contribution in [0.2, 0.25) is 0 Å². The minimum Gasteiger partial charge on any atom is -0.398 e. The lowest BCUT2D eigenvalue weighted by molar-refractivity contribution is 0.185. The molecule has 102 valence electrons. The van der Waals surface area contributed by atoms with Crippen LogP contribution in [0, 0.1) is 13.8 Å². The van der Waals surface area contributed by atoms with E-state index in [0.717, 1.165) is 11.1 Å². The Kier molecular flexibility index (Phi) is 4.69. The third-order valence-electron chi connectivity index (χ3n) is 2.68. The third kappa shape index (κ3) is 3.20. The molecule has 0 heterocycles. The van der Waals surface area contributed by atoms with Crippen molar-refractivity contribution in [3.05, 3.63) is 23.3 Å². The van der Waals surface area contributed by atoms with Gasteiger partial charge in [-0.1, -0.05) is 0 Å². The first-order valence-electron chi connectivity index (χ1n) is 5.42. The zero-order chi connectivity index (χ0) is 13.9. The molecule has 1 aromatic carbocycles. The molecule has 0 aliphatic rings. The average Bonchev–Trinajstić information content (AvgIpc) is 2.30. The number of benzene rings is 1. The van der Waals surface area contributed by atoms with Crippen molar-refractivity contribution in [1.82, 2.24) is 4.72 Å². The summed E-state index contributed by atoms with van der Waals surface area (Å²) in [5.74, 6) is 0. The molecule has 1 rings (SSSR count). The molecule has 7 heteroatoms. The van der Waals surface area contributed by atoms with Gasteiger partial charge in [-0.05, 0) is 37.1 Å². The van der Waals surface area contributed by atoms with Gasteiger partial charge in [-0.15, -0.1) is 0 Å². The largest absolute Gasteiger partial charge is 0.398 e. The Balaban J connectivity index is 3.16. The topological polar surface area (TPSA) is 113 Å². The fraction of sp³-hybridized carbons (Fsp3) is 0.455. The standard InChI is InChI=1S/C11H18N2O4S/c1-7-3-10(12)11(4-8(7)2)18(16,17)13-9(5-14)6-15/h3-4,9,13-15H,5-6,12H2,1-2H3. The lowest BCUT2D eigenvalue weighted by atomic mass is 10.1. The van der Waals surface area contributed by atoms with Crippen LogP contribution in [0.25, 0.3) is 0 Å². The van der Waals surface area contributed by atoms with Gasteiger partial charge in [0.05, 0.1) is 24.9 Å². The summed E-state index contributed by atoms with van der Waals surface area (Å²) < 4.78 is 26.3. The maximum atomic E-state index is 12.0. The highest BCUT2D eigenvalue weighted by Gasteiger charge is 2.22. The van der Waals surface area contributed by atoms with E-state index in [4.69, 9.17) is 15.9 Å². The first-order valence-corrected chi connectivity index (χ1v) is 6.91. The number of aliphatic hydroxyl groups is 2. The molecule has 1 aromatic rings.